The third kappa shape index (κ3) is 1.46. The normalized spacial score (nSPS) is 35.4. The number of likely N-dealkylation sites (tertiary alicyclic amines) is 1. The Morgan fingerprint density at radius 3 is 2.54 bits per heavy atom. The van der Waals surface area contributed by atoms with Crippen LogP contribution < -0.4 is 0 Å². The van der Waals surface area contributed by atoms with E-state index in [9.17, 15) is 9.90 Å². The van der Waals surface area contributed by atoms with Gasteiger partial charge < -0.3 is 5.11 Å². The van der Waals surface area contributed by atoms with Crippen molar-refractivity contribution < 1.29 is 9.90 Å². The van der Waals surface area contributed by atoms with Gasteiger partial charge in [-0.2, -0.15) is 11.8 Å². The van der Waals surface area contributed by atoms with Crippen LogP contribution in [0.15, 0.2) is 0 Å². The zero-order chi connectivity index (χ0) is 9.31. The molecule has 0 aliphatic carbocycles. The lowest BCUT2D eigenvalue weighted by Crippen LogP contribution is -2.62. The van der Waals surface area contributed by atoms with E-state index in [4.69, 9.17) is 0 Å². The second-order valence-corrected chi connectivity index (χ2v) is 4.94. The molecular formula is C9H15NO2S. The summed E-state index contributed by atoms with van der Waals surface area (Å²) in [7, 11) is 0. The second-order valence-electron chi connectivity index (χ2n) is 3.83. The maximum atomic E-state index is 11.3. The van der Waals surface area contributed by atoms with Crippen molar-refractivity contribution in [1.82, 2.24) is 4.90 Å². The van der Waals surface area contributed by atoms with Crippen molar-refractivity contribution in [3.05, 3.63) is 0 Å². The minimum absolute atomic E-state index is 0.513. The Balaban J connectivity index is 2.12. The van der Waals surface area contributed by atoms with Crippen LogP contribution >= 0.6 is 11.8 Å². The Morgan fingerprint density at radius 1 is 1.38 bits per heavy atom. The van der Waals surface area contributed by atoms with Gasteiger partial charge in [-0.1, -0.05) is 0 Å². The molecule has 0 aromatic rings. The van der Waals surface area contributed by atoms with Gasteiger partial charge in [0.15, 0.2) is 0 Å². The molecule has 1 unspecified atom stereocenters. The molecule has 1 N–H and O–H groups in total. The minimum Gasteiger partial charge on any atom is -0.480 e. The van der Waals surface area contributed by atoms with Crippen LogP contribution in [0, 0.1) is 0 Å². The van der Waals surface area contributed by atoms with E-state index in [-0.39, 0.29) is 0 Å². The molecule has 1 atom stereocenters. The molecule has 0 aromatic heterocycles. The molecule has 2 rings (SSSR count). The average Bonchev–Trinajstić information content (AvgIpc) is 2.02. The molecule has 2 heterocycles. The first-order valence-corrected chi connectivity index (χ1v) is 5.97. The lowest BCUT2D eigenvalue weighted by Gasteiger charge is -2.47. The van der Waals surface area contributed by atoms with Crippen molar-refractivity contribution >= 4 is 17.7 Å². The topological polar surface area (TPSA) is 40.5 Å². The molecular weight excluding hydrogens is 186 g/mol. The number of nitrogens with zero attached hydrogens (tertiary/aromatic N) is 1. The SMILES string of the molecule is O=C(O)C1(N2CCC2)CCCSC1. The average molecular weight is 201 g/mol. The zero-order valence-electron chi connectivity index (χ0n) is 7.66. The highest BCUT2D eigenvalue weighted by molar-refractivity contribution is 7.99. The number of thioether (sulfide) groups is 1. The fraction of sp³-hybridized carbons (Fsp3) is 0.889. The lowest BCUT2D eigenvalue weighted by molar-refractivity contribution is -0.153. The van der Waals surface area contributed by atoms with Gasteiger partial charge in [0.2, 0.25) is 0 Å². The molecule has 13 heavy (non-hydrogen) atoms. The molecule has 0 amide bonds. The van der Waals surface area contributed by atoms with Gasteiger partial charge in [-0.3, -0.25) is 9.69 Å². The smallest absolute Gasteiger partial charge is 0.324 e. The number of rotatable bonds is 2. The summed E-state index contributed by atoms with van der Waals surface area (Å²) in [4.78, 5) is 13.4. The maximum absolute atomic E-state index is 11.3. The molecule has 3 nitrogen and oxygen atoms in total. The van der Waals surface area contributed by atoms with Gasteiger partial charge >= 0.3 is 5.97 Å². The van der Waals surface area contributed by atoms with Gasteiger partial charge in [0, 0.05) is 18.8 Å². The van der Waals surface area contributed by atoms with Crippen LogP contribution in [0.5, 0.6) is 0 Å². The molecule has 2 fully saturated rings. The van der Waals surface area contributed by atoms with E-state index in [1.54, 1.807) is 11.8 Å². The van der Waals surface area contributed by atoms with Gasteiger partial charge in [-0.15, -0.1) is 0 Å². The van der Waals surface area contributed by atoms with Crippen LogP contribution in [0.25, 0.3) is 0 Å². The largest absolute Gasteiger partial charge is 0.480 e. The lowest BCUT2D eigenvalue weighted by atomic mass is 9.90. The predicted molar refractivity (Wildman–Crippen MR) is 53.1 cm³/mol. The van der Waals surface area contributed by atoms with Gasteiger partial charge in [-0.25, -0.2) is 0 Å². The first-order valence-electron chi connectivity index (χ1n) is 4.82. The molecule has 0 spiro atoms. The molecule has 2 aliphatic heterocycles. The highest BCUT2D eigenvalue weighted by atomic mass is 32.2. The fourth-order valence-corrected chi connectivity index (χ4v) is 3.36. The van der Waals surface area contributed by atoms with Crippen molar-refractivity contribution in [2.24, 2.45) is 0 Å². The molecule has 0 aromatic carbocycles. The zero-order valence-corrected chi connectivity index (χ0v) is 8.48. The molecule has 2 aliphatic rings. The number of hydrogen-bond acceptors (Lipinski definition) is 3. The predicted octanol–water partition coefficient (Wildman–Crippen LogP) is 1.04. The van der Waals surface area contributed by atoms with E-state index in [0.29, 0.717) is 0 Å². The van der Waals surface area contributed by atoms with Crippen LogP contribution in [0.1, 0.15) is 19.3 Å². The molecule has 0 radical (unpaired) electrons. The number of aliphatic carboxylic acids is 1. The Labute approximate surface area is 82.5 Å². The molecule has 4 heteroatoms. The van der Waals surface area contributed by atoms with E-state index < -0.39 is 11.5 Å². The summed E-state index contributed by atoms with van der Waals surface area (Å²) >= 11 is 1.79. The standard InChI is InChI=1S/C9H15NO2S/c11-8(12)9(10-4-2-5-10)3-1-6-13-7-9/h1-7H2,(H,11,12). The maximum Gasteiger partial charge on any atom is 0.324 e. The van der Waals surface area contributed by atoms with Gasteiger partial charge in [-0.05, 0) is 25.0 Å². The van der Waals surface area contributed by atoms with E-state index in [1.807, 2.05) is 0 Å². The molecule has 0 bridgehead atoms. The van der Waals surface area contributed by atoms with E-state index in [1.165, 1.54) is 6.42 Å². The quantitative estimate of drug-likeness (QED) is 0.725. The Hall–Kier alpha value is -0.220. The molecule has 74 valence electrons. The number of carboxylic acids is 1. The van der Waals surface area contributed by atoms with Crippen molar-refractivity contribution in [1.29, 1.82) is 0 Å². The summed E-state index contributed by atoms with van der Waals surface area (Å²) in [6.45, 7) is 1.96. The van der Waals surface area contributed by atoms with Crippen molar-refractivity contribution in [3.8, 4) is 0 Å². The summed E-state index contributed by atoms with van der Waals surface area (Å²) in [5.74, 6) is 1.30. The number of carboxylic acid groups (broad SMARTS) is 1. The number of carbonyl (C=O) groups is 1. The van der Waals surface area contributed by atoms with Gasteiger partial charge in [0.25, 0.3) is 0 Å². The highest BCUT2D eigenvalue weighted by Crippen LogP contribution is 2.35. The van der Waals surface area contributed by atoms with Crippen LogP contribution in [-0.4, -0.2) is 46.1 Å². The second kappa shape index (κ2) is 3.50. The Bertz CT molecular complexity index is 210. The van der Waals surface area contributed by atoms with Crippen molar-refractivity contribution in [2.75, 3.05) is 24.6 Å². The highest BCUT2D eigenvalue weighted by Gasteiger charge is 2.47. The number of hydrogen-bond donors (Lipinski definition) is 1. The van der Waals surface area contributed by atoms with E-state index in [2.05, 4.69) is 4.90 Å². The monoisotopic (exact) mass is 201 g/mol. The van der Waals surface area contributed by atoms with Crippen molar-refractivity contribution in [3.63, 3.8) is 0 Å². The Morgan fingerprint density at radius 2 is 2.15 bits per heavy atom. The minimum atomic E-state index is -0.612. The van der Waals surface area contributed by atoms with Gasteiger partial charge in [0.05, 0.1) is 0 Å². The van der Waals surface area contributed by atoms with Crippen LogP contribution in [0.2, 0.25) is 0 Å². The van der Waals surface area contributed by atoms with Crippen LogP contribution in [0.4, 0.5) is 0 Å². The molecule has 0 saturated carbocycles. The summed E-state index contributed by atoms with van der Waals surface area (Å²) < 4.78 is 0. The third-order valence-electron chi connectivity index (χ3n) is 3.08. The summed E-state index contributed by atoms with van der Waals surface area (Å²) in [5.41, 5.74) is -0.513. The van der Waals surface area contributed by atoms with E-state index in [0.717, 1.165) is 37.4 Å². The summed E-state index contributed by atoms with van der Waals surface area (Å²) in [5, 5.41) is 9.27. The molecule has 2 saturated heterocycles. The summed E-state index contributed by atoms with van der Waals surface area (Å²) in [6.07, 6.45) is 3.06. The van der Waals surface area contributed by atoms with E-state index >= 15 is 0 Å². The van der Waals surface area contributed by atoms with Crippen LogP contribution in [-0.2, 0) is 4.79 Å². The Kier molecular flexibility index (Phi) is 2.51. The van der Waals surface area contributed by atoms with Crippen molar-refractivity contribution in [2.45, 2.75) is 24.8 Å². The fourth-order valence-electron chi connectivity index (χ4n) is 2.08. The third-order valence-corrected chi connectivity index (χ3v) is 4.34. The van der Waals surface area contributed by atoms with Gasteiger partial charge in [0.1, 0.15) is 5.54 Å². The first-order chi connectivity index (χ1) is 6.26. The van der Waals surface area contributed by atoms with Crippen LogP contribution in [0.3, 0.4) is 0 Å². The summed E-state index contributed by atoms with van der Waals surface area (Å²) in [6, 6.07) is 0. The first kappa shape index (κ1) is 9.34.